The van der Waals surface area contributed by atoms with Crippen molar-refractivity contribution in [3.63, 3.8) is 0 Å². The smallest absolute Gasteiger partial charge is 0.252 e. The zero-order valence-electron chi connectivity index (χ0n) is 17.7. The van der Waals surface area contributed by atoms with Crippen LogP contribution >= 0.6 is 8.58 Å². The number of carbonyl (C=O) groups excluding carboxylic acids is 1. The second kappa shape index (κ2) is 8.13. The summed E-state index contributed by atoms with van der Waals surface area (Å²) in [5, 5.41) is 1.13. The van der Waals surface area contributed by atoms with Crippen molar-refractivity contribution in [3.05, 3.63) is 65.8 Å². The summed E-state index contributed by atoms with van der Waals surface area (Å²) in [5.41, 5.74) is 4.38. The van der Waals surface area contributed by atoms with Crippen molar-refractivity contribution in [3.8, 4) is 0 Å². The molecule has 30 heavy (non-hydrogen) atoms. The highest BCUT2D eigenvalue weighted by atomic mass is 31.1. The summed E-state index contributed by atoms with van der Waals surface area (Å²) in [6.07, 6.45) is 16.2. The molecule has 0 radical (unpaired) electrons. The Balaban J connectivity index is 1.33. The van der Waals surface area contributed by atoms with Crippen molar-refractivity contribution in [1.29, 1.82) is 0 Å². The number of allylic oxidation sites excluding steroid dienone is 2. The number of hydrogen-bond donors (Lipinski definition) is 0. The first kappa shape index (κ1) is 19.7. The lowest BCUT2D eigenvalue weighted by Gasteiger charge is -2.37. The molecule has 0 aromatic carbocycles. The third-order valence-corrected chi connectivity index (χ3v) is 7.88. The molecule has 3 aliphatic rings. The third kappa shape index (κ3) is 3.77. The van der Waals surface area contributed by atoms with E-state index in [2.05, 4.69) is 47.4 Å². The van der Waals surface area contributed by atoms with Gasteiger partial charge in [0, 0.05) is 24.7 Å². The van der Waals surface area contributed by atoms with E-state index in [1.54, 1.807) is 0 Å². The van der Waals surface area contributed by atoms with E-state index in [0.717, 1.165) is 22.2 Å². The quantitative estimate of drug-likeness (QED) is 0.688. The van der Waals surface area contributed by atoms with E-state index < -0.39 is 0 Å². The first-order valence-corrected chi connectivity index (χ1v) is 12.1. The summed E-state index contributed by atoms with van der Waals surface area (Å²) in [4.78, 5) is 22.0. The summed E-state index contributed by atoms with van der Waals surface area (Å²) in [6, 6.07) is 4.12. The lowest BCUT2D eigenvalue weighted by Crippen LogP contribution is -2.38. The van der Waals surface area contributed by atoms with Crippen molar-refractivity contribution in [2.24, 2.45) is 5.92 Å². The monoisotopic (exact) mass is 420 g/mol. The number of nitrogens with zero attached hydrogens (tertiary/aromatic N) is 4. The van der Waals surface area contributed by atoms with Gasteiger partial charge in [-0.3, -0.25) is 4.79 Å². The van der Waals surface area contributed by atoms with Crippen molar-refractivity contribution in [2.75, 3.05) is 19.6 Å². The first-order chi connectivity index (χ1) is 14.6. The number of imidazole rings is 1. The Morgan fingerprint density at radius 2 is 2.03 bits per heavy atom. The van der Waals surface area contributed by atoms with Gasteiger partial charge in [0.1, 0.15) is 5.65 Å². The number of aromatic nitrogens is 2. The van der Waals surface area contributed by atoms with Gasteiger partial charge in [-0.05, 0) is 80.3 Å². The number of piperidine rings is 1. The molecule has 2 aromatic rings. The van der Waals surface area contributed by atoms with Gasteiger partial charge >= 0.3 is 0 Å². The van der Waals surface area contributed by atoms with Gasteiger partial charge in [-0.1, -0.05) is 27.7 Å². The van der Waals surface area contributed by atoms with Gasteiger partial charge < -0.3 is 14.2 Å². The zero-order chi connectivity index (χ0) is 20.7. The molecule has 1 fully saturated rings. The largest absolute Gasteiger partial charge is 0.306 e. The predicted octanol–water partition coefficient (Wildman–Crippen LogP) is 4.41. The molecule has 0 aliphatic carbocycles. The molecule has 0 N–H and O–H groups in total. The maximum atomic E-state index is 13.0. The number of aryl methyl sites for hydroxylation is 1. The third-order valence-electron chi connectivity index (χ3n) is 6.37. The molecule has 5 rings (SSSR count). The Labute approximate surface area is 179 Å². The predicted molar refractivity (Wildman–Crippen MR) is 124 cm³/mol. The van der Waals surface area contributed by atoms with Crippen LogP contribution in [0.3, 0.4) is 0 Å². The second-order valence-electron chi connectivity index (χ2n) is 8.56. The van der Waals surface area contributed by atoms with Gasteiger partial charge in [0.15, 0.2) is 0 Å². The maximum absolute atomic E-state index is 13.0. The molecule has 2 aromatic heterocycles. The molecule has 2 atom stereocenters. The van der Waals surface area contributed by atoms with Crippen LogP contribution in [0.1, 0.15) is 37.4 Å². The fourth-order valence-corrected chi connectivity index (χ4v) is 6.16. The summed E-state index contributed by atoms with van der Waals surface area (Å²) in [5.74, 6) is 0.811. The maximum Gasteiger partial charge on any atom is 0.252 e. The van der Waals surface area contributed by atoms with Gasteiger partial charge in [-0.15, -0.1) is 0 Å². The van der Waals surface area contributed by atoms with Crippen LogP contribution in [0.4, 0.5) is 0 Å². The minimum atomic E-state index is 0.0981. The number of carbonyl (C=O) groups is 1. The molecule has 2 unspecified atom stereocenters. The van der Waals surface area contributed by atoms with E-state index in [1.165, 1.54) is 44.5 Å². The molecular formula is C24H29N4OP. The Bertz CT molecular complexity index is 1060. The van der Waals surface area contributed by atoms with Crippen molar-refractivity contribution >= 4 is 25.4 Å². The molecule has 5 nitrogen and oxygen atoms in total. The average molecular weight is 420 g/mol. The second-order valence-corrected chi connectivity index (χ2v) is 9.98. The lowest BCUT2D eigenvalue weighted by atomic mass is 9.88. The fourth-order valence-electron chi connectivity index (χ4n) is 4.79. The van der Waals surface area contributed by atoms with E-state index in [-0.39, 0.29) is 11.7 Å². The average Bonchev–Trinajstić information content (AvgIpc) is 3.13. The highest BCUT2D eigenvalue weighted by Gasteiger charge is 2.31. The van der Waals surface area contributed by atoms with Gasteiger partial charge in [0.05, 0.1) is 11.5 Å². The van der Waals surface area contributed by atoms with E-state index in [0.29, 0.717) is 14.5 Å². The highest BCUT2D eigenvalue weighted by Crippen LogP contribution is 2.45. The zero-order valence-corrected chi connectivity index (χ0v) is 18.7. The van der Waals surface area contributed by atoms with Crippen LogP contribution in [0.25, 0.3) is 11.0 Å². The fraction of sp³-hybridized carbons (Fsp3) is 0.417. The Morgan fingerprint density at radius 3 is 2.83 bits per heavy atom. The summed E-state index contributed by atoms with van der Waals surface area (Å²) in [6.45, 7) is 7.79. The molecule has 0 spiro atoms. The SMILES string of the molecule is CCCN1CCC(C2=CN3C(=O)C=C(c4ccc5nc(C)cn5c4)PC3C=C2)CC1. The Hall–Kier alpha value is -2.23. The minimum absolute atomic E-state index is 0.0981. The van der Waals surface area contributed by atoms with Gasteiger partial charge in [0.25, 0.3) is 5.91 Å². The standard InChI is InChI=1S/C24H29N4OP/c1-3-10-26-11-8-18(9-12-26)19-5-7-24-28(16-19)23(29)13-21(30-24)20-4-6-22-25-17(2)14-27(22)15-20/h4-7,13-16,18,24,30H,3,8-12H2,1-2H3. The van der Waals surface area contributed by atoms with Crippen molar-refractivity contribution in [1.82, 2.24) is 19.2 Å². The molecule has 0 saturated carbocycles. The molecule has 1 saturated heterocycles. The van der Waals surface area contributed by atoms with Crippen LogP contribution in [0.15, 0.2) is 54.5 Å². The number of pyridine rings is 1. The van der Waals surface area contributed by atoms with Gasteiger partial charge in [-0.25, -0.2) is 4.98 Å². The van der Waals surface area contributed by atoms with Crippen LogP contribution < -0.4 is 0 Å². The molecule has 3 aliphatic heterocycles. The van der Waals surface area contributed by atoms with Crippen LogP contribution in [0, 0.1) is 12.8 Å². The van der Waals surface area contributed by atoms with Crippen LogP contribution in [0.2, 0.25) is 0 Å². The van der Waals surface area contributed by atoms with Crippen LogP contribution in [-0.2, 0) is 4.79 Å². The summed E-state index contributed by atoms with van der Waals surface area (Å²) in [7, 11) is 0.551. The number of amides is 1. The summed E-state index contributed by atoms with van der Waals surface area (Å²) < 4.78 is 2.05. The molecule has 6 heteroatoms. The van der Waals surface area contributed by atoms with Gasteiger partial charge in [0.2, 0.25) is 0 Å². The Morgan fingerprint density at radius 1 is 1.20 bits per heavy atom. The first-order valence-electron chi connectivity index (χ1n) is 11.0. The summed E-state index contributed by atoms with van der Waals surface area (Å²) >= 11 is 0. The van der Waals surface area contributed by atoms with Crippen molar-refractivity contribution in [2.45, 2.75) is 38.9 Å². The minimum Gasteiger partial charge on any atom is -0.306 e. The Kier molecular flexibility index (Phi) is 5.34. The van der Waals surface area contributed by atoms with E-state index in [9.17, 15) is 4.79 Å². The number of likely N-dealkylation sites (tertiary alicyclic amines) is 1. The number of rotatable bonds is 4. The van der Waals surface area contributed by atoms with Crippen LogP contribution in [-0.4, -0.2) is 50.5 Å². The molecule has 0 bridgehead atoms. The van der Waals surface area contributed by atoms with E-state index in [4.69, 9.17) is 0 Å². The molecular weight excluding hydrogens is 391 g/mol. The van der Waals surface area contributed by atoms with Crippen LogP contribution in [0.5, 0.6) is 0 Å². The molecule has 156 valence electrons. The number of hydrogen-bond acceptors (Lipinski definition) is 3. The van der Waals surface area contributed by atoms with Gasteiger partial charge in [-0.2, -0.15) is 0 Å². The normalized spacial score (nSPS) is 23.7. The highest BCUT2D eigenvalue weighted by molar-refractivity contribution is 7.51. The topological polar surface area (TPSA) is 40.8 Å². The number of fused-ring (bicyclic) bond motifs is 2. The molecule has 5 heterocycles. The molecule has 1 amide bonds. The van der Waals surface area contributed by atoms with E-state index >= 15 is 0 Å². The lowest BCUT2D eigenvalue weighted by molar-refractivity contribution is -0.123. The van der Waals surface area contributed by atoms with Crippen molar-refractivity contribution < 1.29 is 4.79 Å². The van der Waals surface area contributed by atoms with E-state index in [1.807, 2.05) is 34.6 Å².